The van der Waals surface area contributed by atoms with E-state index in [9.17, 15) is 18.0 Å². The molecule has 0 heterocycles. The van der Waals surface area contributed by atoms with Gasteiger partial charge in [0, 0.05) is 11.3 Å². The van der Waals surface area contributed by atoms with Crippen LogP contribution in [0.4, 0.5) is 11.4 Å². The molecule has 0 aliphatic heterocycles. The lowest BCUT2D eigenvalue weighted by molar-refractivity contribution is -0.115. The molecule has 0 unspecified atom stereocenters. The number of hydrogen-bond donors (Lipinski definition) is 3. The van der Waals surface area contributed by atoms with Gasteiger partial charge < -0.3 is 10.6 Å². The Hall–Kier alpha value is -3.65. The Morgan fingerprint density at radius 1 is 0.781 bits per heavy atom. The van der Waals surface area contributed by atoms with Crippen LogP contribution in [-0.4, -0.2) is 26.8 Å². The number of hydrogen-bond acceptors (Lipinski definition) is 4. The van der Waals surface area contributed by atoms with Crippen molar-refractivity contribution in [1.82, 2.24) is 5.32 Å². The van der Waals surface area contributed by atoms with E-state index in [1.54, 1.807) is 18.2 Å². The third-order valence-corrected chi connectivity index (χ3v) is 6.49. The third kappa shape index (κ3) is 5.53. The highest BCUT2D eigenvalue weighted by atomic mass is 32.2. The fourth-order valence-electron chi connectivity index (χ4n) is 3.02. The number of rotatable bonds is 7. The average molecular weight is 452 g/mol. The molecule has 7 nitrogen and oxygen atoms in total. The molecular weight excluding hydrogens is 426 g/mol. The average Bonchev–Trinajstić information content (AvgIpc) is 2.77. The Bertz CT molecular complexity index is 1250. The molecule has 0 aliphatic rings. The minimum atomic E-state index is -3.79. The van der Waals surface area contributed by atoms with Crippen molar-refractivity contribution in [2.45, 2.75) is 25.7 Å². The SMILES string of the molecule is Cc1ccccc1NS(=O)(=O)c1ccc(C(=O)NCC(=O)Nc2cccc(C)c2C)cc1. The van der Waals surface area contributed by atoms with E-state index in [0.29, 0.717) is 11.4 Å². The fourth-order valence-corrected chi connectivity index (χ4v) is 4.15. The lowest BCUT2D eigenvalue weighted by atomic mass is 10.1. The summed E-state index contributed by atoms with van der Waals surface area (Å²) >= 11 is 0. The number of carbonyl (C=O) groups excluding carboxylic acids is 2. The molecule has 166 valence electrons. The van der Waals surface area contributed by atoms with Crippen LogP contribution in [0.25, 0.3) is 0 Å². The molecule has 2 amide bonds. The number of benzene rings is 3. The van der Waals surface area contributed by atoms with Gasteiger partial charge in [0.05, 0.1) is 17.1 Å². The van der Waals surface area contributed by atoms with E-state index in [2.05, 4.69) is 15.4 Å². The maximum absolute atomic E-state index is 12.6. The number of carbonyl (C=O) groups is 2. The lowest BCUT2D eigenvalue weighted by Gasteiger charge is -2.12. The number of sulfonamides is 1. The van der Waals surface area contributed by atoms with Crippen LogP contribution < -0.4 is 15.4 Å². The van der Waals surface area contributed by atoms with Gasteiger partial charge in [0.15, 0.2) is 0 Å². The number of aryl methyl sites for hydroxylation is 2. The summed E-state index contributed by atoms with van der Waals surface area (Å²) < 4.78 is 27.8. The van der Waals surface area contributed by atoms with Crippen molar-refractivity contribution in [2.75, 3.05) is 16.6 Å². The second-order valence-corrected chi connectivity index (χ2v) is 9.11. The van der Waals surface area contributed by atoms with Gasteiger partial charge >= 0.3 is 0 Å². The van der Waals surface area contributed by atoms with E-state index < -0.39 is 15.9 Å². The van der Waals surface area contributed by atoms with Gasteiger partial charge in [-0.05, 0) is 73.9 Å². The van der Waals surface area contributed by atoms with Crippen molar-refractivity contribution in [3.8, 4) is 0 Å². The van der Waals surface area contributed by atoms with Crippen molar-refractivity contribution in [3.05, 3.63) is 89.0 Å². The van der Waals surface area contributed by atoms with Crippen molar-refractivity contribution in [1.29, 1.82) is 0 Å². The number of nitrogens with one attached hydrogen (secondary N) is 3. The smallest absolute Gasteiger partial charge is 0.261 e. The molecule has 0 spiro atoms. The molecule has 3 N–H and O–H groups in total. The van der Waals surface area contributed by atoms with E-state index in [1.807, 2.05) is 45.0 Å². The zero-order valence-electron chi connectivity index (χ0n) is 18.1. The highest BCUT2D eigenvalue weighted by molar-refractivity contribution is 7.92. The summed E-state index contributed by atoms with van der Waals surface area (Å²) in [7, 11) is -3.79. The summed E-state index contributed by atoms with van der Waals surface area (Å²) in [5, 5.41) is 5.32. The van der Waals surface area contributed by atoms with Crippen LogP contribution in [0, 0.1) is 20.8 Å². The zero-order valence-corrected chi connectivity index (χ0v) is 18.9. The molecule has 0 aliphatic carbocycles. The highest BCUT2D eigenvalue weighted by Gasteiger charge is 2.16. The summed E-state index contributed by atoms with van der Waals surface area (Å²) in [6, 6.07) is 18.2. The second kappa shape index (κ2) is 9.65. The molecule has 0 aromatic heterocycles. The molecule has 0 fully saturated rings. The standard InChI is InChI=1S/C24H25N3O4S/c1-16-8-6-10-22(18(16)3)26-23(28)15-25-24(29)19-11-13-20(14-12-19)32(30,31)27-21-9-5-4-7-17(21)2/h4-14,27H,15H2,1-3H3,(H,25,29)(H,26,28). The van der Waals surface area contributed by atoms with Gasteiger partial charge in [-0.1, -0.05) is 30.3 Å². The zero-order chi connectivity index (χ0) is 23.3. The van der Waals surface area contributed by atoms with Gasteiger partial charge in [-0.3, -0.25) is 14.3 Å². The van der Waals surface area contributed by atoms with Crippen molar-refractivity contribution < 1.29 is 18.0 Å². The fraction of sp³-hybridized carbons (Fsp3) is 0.167. The molecule has 32 heavy (non-hydrogen) atoms. The summed E-state index contributed by atoms with van der Waals surface area (Å²) in [5.41, 5.74) is 4.25. The van der Waals surface area contributed by atoms with Crippen molar-refractivity contribution >= 4 is 33.2 Å². The van der Waals surface area contributed by atoms with Crippen LogP contribution in [0.15, 0.2) is 71.6 Å². The summed E-state index contributed by atoms with van der Waals surface area (Å²) in [6.07, 6.45) is 0. The minimum Gasteiger partial charge on any atom is -0.343 e. The van der Waals surface area contributed by atoms with Gasteiger partial charge in [-0.2, -0.15) is 0 Å². The van der Waals surface area contributed by atoms with Gasteiger partial charge in [0.1, 0.15) is 0 Å². The molecule has 0 saturated heterocycles. The molecule has 0 radical (unpaired) electrons. The van der Waals surface area contributed by atoms with Gasteiger partial charge in [-0.15, -0.1) is 0 Å². The number of amides is 2. The van der Waals surface area contributed by atoms with Crippen LogP contribution in [0.5, 0.6) is 0 Å². The number of anilines is 2. The Labute approximate surface area is 187 Å². The Morgan fingerprint density at radius 3 is 2.09 bits per heavy atom. The van der Waals surface area contributed by atoms with Gasteiger partial charge in [-0.25, -0.2) is 8.42 Å². The summed E-state index contributed by atoms with van der Waals surface area (Å²) in [5.74, 6) is -0.828. The Balaban J connectivity index is 1.60. The Morgan fingerprint density at radius 2 is 1.41 bits per heavy atom. The van der Waals surface area contributed by atoms with Gasteiger partial charge in [0.25, 0.3) is 15.9 Å². The van der Waals surface area contributed by atoms with Crippen LogP contribution in [0.3, 0.4) is 0 Å². The highest BCUT2D eigenvalue weighted by Crippen LogP contribution is 2.20. The quantitative estimate of drug-likeness (QED) is 0.508. The topological polar surface area (TPSA) is 104 Å². The second-order valence-electron chi connectivity index (χ2n) is 7.42. The first-order valence-electron chi connectivity index (χ1n) is 10.00. The van der Waals surface area contributed by atoms with Gasteiger partial charge in [0.2, 0.25) is 5.91 Å². The molecule has 3 aromatic carbocycles. The van der Waals surface area contributed by atoms with Crippen LogP contribution in [0.2, 0.25) is 0 Å². The first-order valence-corrected chi connectivity index (χ1v) is 11.5. The number of para-hydroxylation sites is 1. The van der Waals surface area contributed by atoms with Crippen molar-refractivity contribution in [3.63, 3.8) is 0 Å². The normalized spacial score (nSPS) is 11.0. The molecule has 0 saturated carbocycles. The van der Waals surface area contributed by atoms with E-state index in [4.69, 9.17) is 0 Å². The monoisotopic (exact) mass is 451 g/mol. The predicted molar refractivity (Wildman–Crippen MR) is 125 cm³/mol. The van der Waals surface area contributed by atoms with E-state index >= 15 is 0 Å². The first kappa shape index (κ1) is 23.0. The third-order valence-electron chi connectivity index (χ3n) is 5.10. The molecule has 0 bridgehead atoms. The molecule has 0 atom stereocenters. The minimum absolute atomic E-state index is 0.0324. The maximum Gasteiger partial charge on any atom is 0.261 e. The van der Waals surface area contributed by atoms with E-state index in [1.165, 1.54) is 24.3 Å². The van der Waals surface area contributed by atoms with Crippen LogP contribution in [-0.2, 0) is 14.8 Å². The molecule has 8 heteroatoms. The molecular formula is C24H25N3O4S. The lowest BCUT2D eigenvalue weighted by Crippen LogP contribution is -2.33. The maximum atomic E-state index is 12.6. The van der Waals surface area contributed by atoms with Crippen LogP contribution in [0.1, 0.15) is 27.0 Å². The molecule has 3 rings (SSSR count). The Kier molecular flexibility index (Phi) is 6.95. The van der Waals surface area contributed by atoms with Crippen LogP contribution >= 0.6 is 0 Å². The molecule has 3 aromatic rings. The van der Waals surface area contributed by atoms with E-state index in [-0.39, 0.29) is 22.9 Å². The summed E-state index contributed by atoms with van der Waals surface area (Å²) in [6.45, 7) is 5.46. The summed E-state index contributed by atoms with van der Waals surface area (Å²) in [4.78, 5) is 24.6. The van der Waals surface area contributed by atoms with E-state index in [0.717, 1.165) is 16.7 Å². The predicted octanol–water partition coefficient (Wildman–Crippen LogP) is 3.78. The van der Waals surface area contributed by atoms with Crippen molar-refractivity contribution in [2.24, 2.45) is 0 Å². The largest absolute Gasteiger partial charge is 0.343 e. The first-order chi connectivity index (χ1) is 15.2.